The molecule has 34 heavy (non-hydrogen) atoms. The van der Waals surface area contributed by atoms with Crippen LogP contribution in [0.4, 0.5) is 0 Å². The zero-order valence-electron chi connectivity index (χ0n) is 19.6. The monoisotopic (exact) mass is 464 g/mol. The van der Waals surface area contributed by atoms with Crippen molar-refractivity contribution >= 4 is 0 Å². The number of nitrogens with zero attached hydrogens (tertiary/aromatic N) is 3. The largest absolute Gasteiger partial charge is 0.492 e. The molecular weight excluding hydrogens is 430 g/mol. The molecule has 1 aliphatic heterocycles. The molecule has 0 bridgehead atoms. The van der Waals surface area contributed by atoms with Gasteiger partial charge in [0.25, 0.3) is 0 Å². The second kappa shape index (κ2) is 10.5. The number of aromatic hydroxyl groups is 1. The molecule has 1 aliphatic carbocycles. The fourth-order valence-corrected chi connectivity index (χ4v) is 4.81. The third-order valence-corrected chi connectivity index (χ3v) is 6.86. The molecule has 2 N–H and O–H groups in total. The lowest BCUT2D eigenvalue weighted by molar-refractivity contribution is -0.603. The molecule has 3 aromatic rings. The predicted molar refractivity (Wildman–Crippen MR) is 129 cm³/mol. The van der Waals surface area contributed by atoms with Crippen LogP contribution in [0.15, 0.2) is 60.9 Å². The summed E-state index contributed by atoms with van der Waals surface area (Å²) in [4.78, 5) is 2.32. The fourth-order valence-electron chi connectivity index (χ4n) is 4.81. The van der Waals surface area contributed by atoms with Gasteiger partial charge in [-0.2, -0.15) is 9.13 Å². The van der Waals surface area contributed by atoms with Crippen molar-refractivity contribution in [2.45, 2.75) is 50.7 Å². The number of hydrogen-bond donors (Lipinski definition) is 2. The number of piperidine rings is 1. The third-order valence-electron chi connectivity index (χ3n) is 6.86. The fraction of sp³-hybridized carbons (Fsp3) is 0.444. The second-order valence-corrected chi connectivity index (χ2v) is 9.27. The van der Waals surface area contributed by atoms with Gasteiger partial charge in [0.1, 0.15) is 41.9 Å². The lowest BCUT2D eigenvalue weighted by atomic mass is 10.1. The van der Waals surface area contributed by atoms with E-state index in [2.05, 4.69) is 4.90 Å². The Labute approximate surface area is 200 Å². The maximum atomic E-state index is 10.8. The van der Waals surface area contributed by atoms with E-state index in [0.29, 0.717) is 12.7 Å². The molecular formula is C27H34N3O4+. The van der Waals surface area contributed by atoms with Crippen LogP contribution in [-0.4, -0.2) is 58.1 Å². The third kappa shape index (κ3) is 5.37. The molecule has 0 amide bonds. The van der Waals surface area contributed by atoms with Gasteiger partial charge in [0.05, 0.1) is 12.2 Å². The lowest BCUT2D eigenvalue weighted by Gasteiger charge is -2.29. The molecule has 0 spiro atoms. The number of aliphatic hydroxyl groups is 1. The SMILES string of the molecule is Oc1n(-c2ccc(OCCN3CCC(O)CC3)cc2)cc[n+]1-c1ccc(OC2CCCC2)cc1. The minimum Gasteiger partial charge on any atom is -0.492 e. The van der Waals surface area contributed by atoms with Crippen LogP contribution in [0, 0.1) is 0 Å². The van der Waals surface area contributed by atoms with Gasteiger partial charge in [-0.3, -0.25) is 4.90 Å². The Morgan fingerprint density at radius 3 is 2.26 bits per heavy atom. The van der Waals surface area contributed by atoms with Crippen molar-refractivity contribution in [1.82, 2.24) is 9.47 Å². The number of rotatable bonds is 8. The van der Waals surface area contributed by atoms with Gasteiger partial charge in [-0.15, -0.1) is 0 Å². The Hall–Kier alpha value is -3.03. The Morgan fingerprint density at radius 1 is 0.882 bits per heavy atom. The molecule has 0 atom stereocenters. The van der Waals surface area contributed by atoms with Crippen molar-refractivity contribution in [3.8, 4) is 28.9 Å². The van der Waals surface area contributed by atoms with E-state index < -0.39 is 0 Å². The van der Waals surface area contributed by atoms with E-state index in [1.54, 1.807) is 9.13 Å². The number of likely N-dealkylation sites (tertiary alicyclic amines) is 1. The number of benzene rings is 2. The highest BCUT2D eigenvalue weighted by Crippen LogP contribution is 2.25. The first-order valence-corrected chi connectivity index (χ1v) is 12.4. The van der Waals surface area contributed by atoms with E-state index >= 15 is 0 Å². The smallest absolute Gasteiger partial charge is 0.464 e. The van der Waals surface area contributed by atoms with Crippen molar-refractivity contribution in [2.75, 3.05) is 26.2 Å². The minimum atomic E-state index is -0.150. The molecule has 1 aromatic heterocycles. The summed E-state index contributed by atoms with van der Waals surface area (Å²) in [5, 5.41) is 20.5. The van der Waals surface area contributed by atoms with Gasteiger partial charge in [-0.25, -0.2) is 0 Å². The van der Waals surface area contributed by atoms with Crippen LogP contribution in [0.5, 0.6) is 17.5 Å². The zero-order chi connectivity index (χ0) is 23.3. The Morgan fingerprint density at radius 2 is 1.56 bits per heavy atom. The van der Waals surface area contributed by atoms with Gasteiger partial charge in [-0.05, 0) is 87.1 Å². The van der Waals surface area contributed by atoms with E-state index in [0.717, 1.165) is 68.2 Å². The summed E-state index contributed by atoms with van der Waals surface area (Å²) in [6.45, 7) is 3.32. The zero-order valence-corrected chi connectivity index (χ0v) is 19.6. The molecule has 5 rings (SSSR count). The molecule has 2 fully saturated rings. The number of imidazole rings is 1. The van der Waals surface area contributed by atoms with E-state index in [1.807, 2.05) is 60.9 Å². The van der Waals surface area contributed by atoms with Crippen molar-refractivity contribution < 1.29 is 24.3 Å². The Bertz CT molecular complexity index is 1050. The summed E-state index contributed by atoms with van der Waals surface area (Å²) in [6.07, 6.45) is 10.3. The molecule has 2 aliphatic rings. The average molecular weight is 465 g/mol. The van der Waals surface area contributed by atoms with E-state index in [-0.39, 0.29) is 12.1 Å². The van der Waals surface area contributed by atoms with Crippen molar-refractivity contribution in [2.24, 2.45) is 0 Å². The molecule has 1 saturated carbocycles. The van der Waals surface area contributed by atoms with Crippen LogP contribution >= 0.6 is 0 Å². The molecule has 7 heteroatoms. The highest BCUT2D eigenvalue weighted by Gasteiger charge is 2.21. The summed E-state index contributed by atoms with van der Waals surface area (Å²) in [5.41, 5.74) is 1.73. The van der Waals surface area contributed by atoms with Crippen LogP contribution < -0.4 is 14.0 Å². The van der Waals surface area contributed by atoms with Gasteiger partial charge in [-0.1, -0.05) is 0 Å². The van der Waals surface area contributed by atoms with E-state index in [4.69, 9.17) is 9.47 Å². The molecule has 7 nitrogen and oxygen atoms in total. The average Bonchev–Trinajstić information content (AvgIpc) is 3.51. The molecule has 2 aromatic carbocycles. The number of hydrogen-bond acceptors (Lipinski definition) is 5. The minimum absolute atomic E-state index is 0.130. The highest BCUT2D eigenvalue weighted by atomic mass is 16.5. The molecule has 2 heterocycles. The van der Waals surface area contributed by atoms with Crippen molar-refractivity contribution in [3.63, 3.8) is 0 Å². The van der Waals surface area contributed by atoms with Crippen LogP contribution in [0.2, 0.25) is 0 Å². The van der Waals surface area contributed by atoms with Gasteiger partial charge in [0.2, 0.25) is 0 Å². The molecule has 1 saturated heterocycles. The van der Waals surface area contributed by atoms with E-state index in [1.165, 1.54) is 12.8 Å². The first-order chi connectivity index (χ1) is 16.7. The van der Waals surface area contributed by atoms with Crippen LogP contribution in [0.25, 0.3) is 11.4 Å². The summed E-state index contributed by atoms with van der Waals surface area (Å²) in [5.74, 6) is 1.68. The van der Waals surface area contributed by atoms with Gasteiger partial charge >= 0.3 is 6.01 Å². The quantitative estimate of drug-likeness (QED) is 0.499. The van der Waals surface area contributed by atoms with Crippen molar-refractivity contribution in [1.29, 1.82) is 0 Å². The normalized spacial score (nSPS) is 17.8. The molecule has 0 radical (unpaired) electrons. The van der Waals surface area contributed by atoms with Crippen LogP contribution in [0.1, 0.15) is 38.5 Å². The van der Waals surface area contributed by atoms with Gasteiger partial charge < -0.3 is 19.7 Å². The van der Waals surface area contributed by atoms with E-state index in [9.17, 15) is 10.2 Å². The highest BCUT2D eigenvalue weighted by molar-refractivity contribution is 5.39. The van der Waals surface area contributed by atoms with Crippen LogP contribution in [0.3, 0.4) is 0 Å². The first kappa shape index (κ1) is 22.7. The van der Waals surface area contributed by atoms with Crippen LogP contribution in [-0.2, 0) is 0 Å². The number of aliphatic hydroxyl groups excluding tert-OH is 1. The summed E-state index contributed by atoms with van der Waals surface area (Å²) in [7, 11) is 0. The standard InChI is InChI=1S/C27H33N3O4/c31-23-13-15-28(16-14-23)19-20-33-24-9-5-21(6-10-24)29-17-18-30(27(29)32)22-7-11-26(12-8-22)34-25-3-1-2-4-25/h5-12,17-18,23,25,31H,1-4,13-16,19-20H2/p+1. The van der Waals surface area contributed by atoms with Crippen molar-refractivity contribution in [3.05, 3.63) is 60.9 Å². The maximum Gasteiger partial charge on any atom is 0.464 e. The number of aromatic nitrogens is 2. The first-order valence-electron chi connectivity index (χ1n) is 12.4. The summed E-state index contributed by atoms with van der Waals surface area (Å²) < 4.78 is 15.4. The summed E-state index contributed by atoms with van der Waals surface area (Å²) in [6, 6.07) is 15.7. The molecule has 0 unspecified atom stereocenters. The Kier molecular flexibility index (Phi) is 7.02. The Balaban J connectivity index is 1.18. The second-order valence-electron chi connectivity index (χ2n) is 9.27. The van der Waals surface area contributed by atoms with Gasteiger partial charge in [0, 0.05) is 19.6 Å². The topological polar surface area (TPSA) is 71.0 Å². The molecule has 180 valence electrons. The maximum absolute atomic E-state index is 10.8. The number of ether oxygens (including phenoxy) is 2. The van der Waals surface area contributed by atoms with Gasteiger partial charge in [0.15, 0.2) is 0 Å². The lowest BCUT2D eigenvalue weighted by Crippen LogP contribution is -2.38. The summed E-state index contributed by atoms with van der Waals surface area (Å²) >= 11 is 0. The predicted octanol–water partition coefficient (Wildman–Crippen LogP) is 3.62.